The van der Waals surface area contributed by atoms with Crippen LogP contribution in [0.5, 0.6) is 0 Å². The predicted octanol–water partition coefficient (Wildman–Crippen LogP) is 4.34. The number of amides is 1. The van der Waals surface area contributed by atoms with Crippen molar-refractivity contribution in [2.24, 2.45) is 5.92 Å². The number of piperidine rings is 1. The summed E-state index contributed by atoms with van der Waals surface area (Å²) in [5, 5.41) is 7.31. The van der Waals surface area contributed by atoms with Gasteiger partial charge in [0.15, 0.2) is 0 Å². The Morgan fingerprint density at radius 3 is 2.91 bits per heavy atom. The number of likely N-dealkylation sites (tertiary alicyclic amines) is 1. The van der Waals surface area contributed by atoms with Crippen LogP contribution in [0.4, 0.5) is 5.69 Å². The molecule has 0 saturated carbocycles. The van der Waals surface area contributed by atoms with Gasteiger partial charge in [0, 0.05) is 12.1 Å². The zero-order valence-corrected chi connectivity index (χ0v) is 19.3. The van der Waals surface area contributed by atoms with E-state index in [1.54, 1.807) is 12.1 Å². The molecule has 1 amide bonds. The Kier molecular flexibility index (Phi) is 7.05. The Morgan fingerprint density at radius 2 is 2.12 bits per heavy atom. The number of methoxy groups -OCH3 is 1. The molecule has 1 saturated heterocycles. The van der Waals surface area contributed by atoms with Crippen molar-refractivity contribution < 1.29 is 18.8 Å². The maximum atomic E-state index is 12.9. The van der Waals surface area contributed by atoms with Crippen LogP contribution in [-0.4, -0.2) is 47.1 Å². The topological polar surface area (TPSA) is 97.6 Å². The van der Waals surface area contributed by atoms with Gasteiger partial charge in [0.25, 0.3) is 0 Å². The van der Waals surface area contributed by atoms with Gasteiger partial charge in [0.1, 0.15) is 0 Å². The molecule has 172 valence electrons. The first-order valence-electron chi connectivity index (χ1n) is 10.7. The third kappa shape index (κ3) is 5.58. The van der Waals surface area contributed by atoms with E-state index in [0.717, 1.165) is 30.5 Å². The molecule has 1 atom stereocenters. The van der Waals surface area contributed by atoms with Crippen LogP contribution in [0, 0.1) is 12.8 Å². The third-order valence-electron chi connectivity index (χ3n) is 5.62. The minimum Gasteiger partial charge on any atom is -0.465 e. The van der Waals surface area contributed by atoms with Crippen LogP contribution in [-0.2, 0) is 16.1 Å². The maximum absolute atomic E-state index is 12.9. The molecule has 8 nitrogen and oxygen atoms in total. The van der Waals surface area contributed by atoms with Gasteiger partial charge in [-0.2, -0.15) is 4.98 Å². The molecule has 0 spiro atoms. The number of nitrogens with zero attached hydrogens (tertiary/aromatic N) is 3. The number of aromatic nitrogens is 2. The van der Waals surface area contributed by atoms with Crippen molar-refractivity contribution in [2.45, 2.75) is 26.3 Å². The Bertz CT molecular complexity index is 1160. The first-order chi connectivity index (χ1) is 15.9. The number of benzene rings is 2. The van der Waals surface area contributed by atoms with Gasteiger partial charge in [-0.3, -0.25) is 9.69 Å². The normalized spacial score (nSPS) is 16.4. The summed E-state index contributed by atoms with van der Waals surface area (Å²) >= 11 is 6.22. The van der Waals surface area contributed by atoms with Gasteiger partial charge in [-0.25, -0.2) is 4.79 Å². The molecule has 1 fully saturated rings. The quantitative estimate of drug-likeness (QED) is 0.537. The van der Waals surface area contributed by atoms with E-state index >= 15 is 0 Å². The molecule has 1 N–H and O–H groups in total. The maximum Gasteiger partial charge on any atom is 0.337 e. The number of ether oxygens (including phenoxy) is 1. The number of nitrogens with one attached hydrogen (secondary N) is 1. The van der Waals surface area contributed by atoms with Gasteiger partial charge in [-0.05, 0) is 50.6 Å². The smallest absolute Gasteiger partial charge is 0.337 e. The molecule has 1 aromatic heterocycles. The summed E-state index contributed by atoms with van der Waals surface area (Å²) < 4.78 is 10.2. The lowest BCUT2D eigenvalue weighted by Gasteiger charge is -2.31. The lowest BCUT2D eigenvalue weighted by molar-refractivity contribution is -0.121. The van der Waals surface area contributed by atoms with Crippen LogP contribution in [0.25, 0.3) is 11.4 Å². The minimum absolute atomic E-state index is 0.144. The van der Waals surface area contributed by atoms with E-state index in [4.69, 9.17) is 20.9 Å². The summed E-state index contributed by atoms with van der Waals surface area (Å²) in [6.45, 7) is 3.89. The van der Waals surface area contributed by atoms with Gasteiger partial charge in [0.2, 0.25) is 17.6 Å². The lowest BCUT2D eigenvalue weighted by Crippen LogP contribution is -2.40. The van der Waals surface area contributed by atoms with E-state index in [2.05, 4.69) is 20.4 Å². The van der Waals surface area contributed by atoms with Crippen LogP contribution in [0.3, 0.4) is 0 Å². The van der Waals surface area contributed by atoms with Crippen molar-refractivity contribution in [1.82, 2.24) is 15.0 Å². The summed E-state index contributed by atoms with van der Waals surface area (Å²) in [5.74, 6) is 0.211. The number of hydrogen-bond acceptors (Lipinski definition) is 7. The number of anilines is 1. The highest BCUT2D eigenvalue weighted by Gasteiger charge is 2.27. The molecular weight excluding hydrogens is 444 g/mol. The largest absolute Gasteiger partial charge is 0.465 e. The standard InChI is InChI=1S/C24H25ClN4O4/c1-15-5-3-6-16(11-15)22-27-21(33-28-22)14-29-10-4-7-18(13-29)23(30)26-20-12-17(24(31)32-2)8-9-19(20)25/h3,5-6,8-9,11-12,18H,4,7,10,13-14H2,1-2H3,(H,26,30). The van der Waals surface area contributed by atoms with Gasteiger partial charge < -0.3 is 14.6 Å². The van der Waals surface area contributed by atoms with E-state index < -0.39 is 5.97 Å². The monoisotopic (exact) mass is 468 g/mol. The summed E-state index contributed by atoms with van der Waals surface area (Å²) in [7, 11) is 1.30. The molecule has 3 aromatic rings. The first-order valence-corrected chi connectivity index (χ1v) is 11.1. The fourth-order valence-electron chi connectivity index (χ4n) is 3.93. The molecule has 2 aromatic carbocycles. The van der Waals surface area contributed by atoms with Gasteiger partial charge in [0.05, 0.1) is 35.8 Å². The van der Waals surface area contributed by atoms with E-state index in [1.807, 2.05) is 31.2 Å². The fourth-order valence-corrected chi connectivity index (χ4v) is 4.09. The number of carbonyl (C=O) groups is 2. The second-order valence-electron chi connectivity index (χ2n) is 8.13. The number of aryl methyl sites for hydroxylation is 1. The summed E-state index contributed by atoms with van der Waals surface area (Å²) in [6, 6.07) is 12.6. The summed E-state index contributed by atoms with van der Waals surface area (Å²) in [6.07, 6.45) is 1.63. The van der Waals surface area contributed by atoms with Crippen molar-refractivity contribution >= 4 is 29.2 Å². The molecular formula is C24H25ClN4O4. The predicted molar refractivity (Wildman–Crippen MR) is 124 cm³/mol. The lowest BCUT2D eigenvalue weighted by atomic mass is 9.97. The van der Waals surface area contributed by atoms with Crippen LogP contribution >= 0.6 is 11.6 Å². The Balaban J connectivity index is 1.39. The Labute approximate surface area is 196 Å². The molecule has 1 unspecified atom stereocenters. The van der Waals surface area contributed by atoms with Crippen LogP contribution in [0.1, 0.15) is 34.7 Å². The van der Waals surface area contributed by atoms with Crippen molar-refractivity contribution in [1.29, 1.82) is 0 Å². The average molecular weight is 469 g/mol. The van der Waals surface area contributed by atoms with Crippen LogP contribution in [0.15, 0.2) is 47.0 Å². The average Bonchev–Trinajstić information content (AvgIpc) is 3.28. The molecule has 33 heavy (non-hydrogen) atoms. The molecule has 0 bridgehead atoms. The second-order valence-corrected chi connectivity index (χ2v) is 8.54. The third-order valence-corrected chi connectivity index (χ3v) is 5.95. The Morgan fingerprint density at radius 1 is 1.27 bits per heavy atom. The van der Waals surface area contributed by atoms with Crippen LogP contribution in [0.2, 0.25) is 5.02 Å². The molecule has 4 rings (SSSR count). The second kappa shape index (κ2) is 10.1. The van der Waals surface area contributed by atoms with Crippen molar-refractivity contribution in [2.75, 3.05) is 25.5 Å². The Hall–Kier alpha value is -3.23. The van der Waals surface area contributed by atoms with Gasteiger partial charge in [-0.15, -0.1) is 0 Å². The van der Waals surface area contributed by atoms with E-state index in [1.165, 1.54) is 13.2 Å². The van der Waals surface area contributed by atoms with Crippen molar-refractivity contribution in [3.8, 4) is 11.4 Å². The first kappa shape index (κ1) is 22.9. The molecule has 0 radical (unpaired) electrons. The molecule has 0 aliphatic carbocycles. The summed E-state index contributed by atoms with van der Waals surface area (Å²) in [4.78, 5) is 31.4. The SMILES string of the molecule is COC(=O)c1ccc(Cl)c(NC(=O)C2CCCN(Cc3nc(-c4cccc(C)c4)no3)C2)c1. The van der Waals surface area contributed by atoms with Gasteiger partial charge >= 0.3 is 5.97 Å². The highest BCUT2D eigenvalue weighted by atomic mass is 35.5. The highest BCUT2D eigenvalue weighted by molar-refractivity contribution is 6.33. The van der Waals surface area contributed by atoms with Crippen molar-refractivity contribution in [3.63, 3.8) is 0 Å². The van der Waals surface area contributed by atoms with Crippen LogP contribution < -0.4 is 5.32 Å². The highest BCUT2D eigenvalue weighted by Crippen LogP contribution is 2.26. The van der Waals surface area contributed by atoms with E-state index in [-0.39, 0.29) is 11.8 Å². The number of esters is 1. The number of hydrogen-bond donors (Lipinski definition) is 1. The molecule has 1 aliphatic heterocycles. The zero-order chi connectivity index (χ0) is 23.4. The van der Waals surface area contributed by atoms with E-state index in [0.29, 0.717) is 41.1 Å². The molecule has 9 heteroatoms. The number of halogens is 1. The zero-order valence-electron chi connectivity index (χ0n) is 18.5. The van der Waals surface area contributed by atoms with Gasteiger partial charge in [-0.1, -0.05) is 40.5 Å². The molecule has 2 heterocycles. The summed E-state index contributed by atoms with van der Waals surface area (Å²) in [5.41, 5.74) is 2.75. The number of rotatable bonds is 6. The molecule has 1 aliphatic rings. The van der Waals surface area contributed by atoms with Crippen molar-refractivity contribution in [3.05, 3.63) is 64.5 Å². The minimum atomic E-state index is -0.490. The fraction of sp³-hybridized carbons (Fsp3) is 0.333. The van der Waals surface area contributed by atoms with E-state index in [9.17, 15) is 9.59 Å². The number of carbonyl (C=O) groups excluding carboxylic acids is 2.